The second kappa shape index (κ2) is 6.62. The monoisotopic (exact) mass is 208 g/mol. The van der Waals surface area contributed by atoms with Crippen LogP contribution in [0.4, 0.5) is 0 Å². The van der Waals surface area contributed by atoms with Crippen LogP contribution in [0.15, 0.2) is 35.3 Å². The molecular weight excluding hydrogens is 192 g/mol. The van der Waals surface area contributed by atoms with Gasteiger partial charge in [-0.2, -0.15) is 0 Å². The zero-order chi connectivity index (χ0) is 10.2. The van der Waals surface area contributed by atoms with Crippen molar-refractivity contribution in [2.45, 2.75) is 13.0 Å². The van der Waals surface area contributed by atoms with Crippen LogP contribution in [0.25, 0.3) is 0 Å². The van der Waals surface area contributed by atoms with Crippen molar-refractivity contribution in [1.29, 1.82) is 0 Å². The summed E-state index contributed by atoms with van der Waals surface area (Å²) in [5.74, 6) is 0.882. The van der Waals surface area contributed by atoms with E-state index in [0.29, 0.717) is 0 Å². The van der Waals surface area contributed by atoms with Gasteiger partial charge >= 0.3 is 0 Å². The number of thioether (sulfide) groups is 1. The molecule has 1 aromatic carbocycles. The first-order chi connectivity index (χ1) is 6.84. The fourth-order valence-corrected chi connectivity index (χ4v) is 1.81. The molecule has 1 rings (SSSR count). The van der Waals surface area contributed by atoms with E-state index < -0.39 is 0 Å². The molecule has 1 aromatic rings. The quantitative estimate of drug-likeness (QED) is 0.596. The third-order valence-corrected chi connectivity index (χ3v) is 2.68. The highest BCUT2D eigenvalue weighted by Crippen LogP contribution is 2.13. The maximum absolute atomic E-state index is 5.99. The minimum atomic E-state index is 0.101. The first-order valence-electron chi connectivity index (χ1n) is 4.75. The second-order valence-corrected chi connectivity index (χ2v) is 3.83. The molecule has 0 spiro atoms. The molecule has 1 unspecified atom stereocenters. The predicted molar refractivity (Wildman–Crippen MR) is 64.9 cm³/mol. The van der Waals surface area contributed by atoms with Crippen molar-refractivity contribution in [1.82, 2.24) is 0 Å². The van der Waals surface area contributed by atoms with Crippen LogP contribution in [-0.2, 0) is 0 Å². The van der Waals surface area contributed by atoms with E-state index in [-0.39, 0.29) is 6.04 Å². The van der Waals surface area contributed by atoms with Crippen molar-refractivity contribution >= 4 is 17.3 Å². The third kappa shape index (κ3) is 3.94. The topological polar surface area (TPSA) is 38.4 Å². The Balaban J connectivity index is 2.36. The van der Waals surface area contributed by atoms with Gasteiger partial charge in [0.1, 0.15) is 0 Å². The van der Waals surface area contributed by atoms with Crippen LogP contribution in [-0.4, -0.2) is 17.8 Å². The molecule has 1 atom stereocenters. The van der Waals surface area contributed by atoms with E-state index in [1.165, 1.54) is 5.56 Å². The van der Waals surface area contributed by atoms with Gasteiger partial charge in [-0.05, 0) is 12.5 Å². The average molecular weight is 208 g/mol. The minimum absolute atomic E-state index is 0.101. The molecule has 76 valence electrons. The summed E-state index contributed by atoms with van der Waals surface area (Å²) in [6, 6.07) is 10.2. The van der Waals surface area contributed by atoms with Crippen LogP contribution < -0.4 is 5.73 Å². The summed E-state index contributed by atoms with van der Waals surface area (Å²) in [5, 5.41) is 0. The molecule has 3 heteroatoms. The summed E-state index contributed by atoms with van der Waals surface area (Å²) >= 11 is 1.66. The molecule has 0 heterocycles. The number of hydrogen-bond donors (Lipinski definition) is 1. The Bertz CT molecular complexity index is 272. The minimum Gasteiger partial charge on any atom is -0.323 e. The van der Waals surface area contributed by atoms with Gasteiger partial charge in [0.15, 0.2) is 0 Å². The summed E-state index contributed by atoms with van der Waals surface area (Å²) in [6.07, 6.45) is 0. The first-order valence-corrected chi connectivity index (χ1v) is 5.80. The van der Waals surface area contributed by atoms with Crippen molar-refractivity contribution in [3.8, 4) is 0 Å². The summed E-state index contributed by atoms with van der Waals surface area (Å²) in [5.41, 5.74) is 9.06. The van der Waals surface area contributed by atoms with Gasteiger partial charge in [0, 0.05) is 18.3 Å². The Morgan fingerprint density at radius 2 is 2.14 bits per heavy atom. The smallest absolute Gasteiger partial charge is 0.0541 e. The molecule has 0 bridgehead atoms. The average Bonchev–Trinajstić information content (AvgIpc) is 2.25. The van der Waals surface area contributed by atoms with Crippen molar-refractivity contribution in [2.75, 3.05) is 12.3 Å². The molecule has 0 aliphatic carbocycles. The normalized spacial score (nSPS) is 13.3. The highest BCUT2D eigenvalue weighted by Gasteiger charge is 2.03. The van der Waals surface area contributed by atoms with Gasteiger partial charge in [0.25, 0.3) is 0 Å². The summed E-state index contributed by atoms with van der Waals surface area (Å²) < 4.78 is 0. The van der Waals surface area contributed by atoms with Gasteiger partial charge in [-0.3, -0.25) is 4.99 Å². The van der Waals surface area contributed by atoms with Crippen LogP contribution in [0.2, 0.25) is 0 Å². The van der Waals surface area contributed by atoms with Gasteiger partial charge in [-0.1, -0.05) is 30.3 Å². The van der Waals surface area contributed by atoms with E-state index in [2.05, 4.69) is 17.1 Å². The maximum atomic E-state index is 5.99. The van der Waals surface area contributed by atoms with Gasteiger partial charge in [0.05, 0.1) is 5.55 Å². The molecule has 2 nitrogen and oxygen atoms in total. The second-order valence-electron chi connectivity index (χ2n) is 2.95. The molecule has 0 saturated heterocycles. The highest BCUT2D eigenvalue weighted by atomic mass is 32.2. The lowest BCUT2D eigenvalue weighted by Gasteiger charge is -2.09. The molecule has 0 aromatic heterocycles. The van der Waals surface area contributed by atoms with E-state index in [0.717, 1.165) is 12.3 Å². The Morgan fingerprint density at radius 3 is 2.79 bits per heavy atom. The molecule has 0 amide bonds. The Hall–Kier alpha value is -0.800. The number of nitrogens with two attached hydrogens (primary N) is 1. The fraction of sp³-hybridized carbons (Fsp3) is 0.364. The number of aliphatic imine (C=N–C) groups is 1. The lowest BCUT2D eigenvalue weighted by molar-refractivity contribution is 0.833. The molecule has 0 fully saturated rings. The molecule has 2 N–H and O–H groups in total. The van der Waals surface area contributed by atoms with E-state index in [1.807, 2.05) is 30.7 Å². The van der Waals surface area contributed by atoms with Crippen LogP contribution in [0.5, 0.6) is 0 Å². The molecule has 0 aliphatic rings. The van der Waals surface area contributed by atoms with E-state index >= 15 is 0 Å². The number of benzene rings is 1. The molecule has 0 aliphatic heterocycles. The number of rotatable bonds is 5. The predicted octanol–water partition coefficient (Wildman–Crippen LogP) is 2.47. The molecule has 0 saturated carbocycles. The number of nitrogens with zero attached hydrogens (tertiary/aromatic N) is 1. The molecule has 14 heavy (non-hydrogen) atoms. The first kappa shape index (κ1) is 11.3. The SMILES string of the molecule is CCN=CSCC(N)c1ccccc1. The third-order valence-electron chi connectivity index (χ3n) is 1.84. The molecular formula is C11H16N2S. The van der Waals surface area contributed by atoms with Crippen LogP contribution >= 0.6 is 11.8 Å². The standard InChI is InChI=1S/C11H16N2S/c1-2-13-9-14-8-11(12)10-6-4-3-5-7-10/h3-7,9,11H,2,8,12H2,1H3. The van der Waals surface area contributed by atoms with Crippen LogP contribution in [0, 0.1) is 0 Å². The van der Waals surface area contributed by atoms with Crippen molar-refractivity contribution in [3.63, 3.8) is 0 Å². The van der Waals surface area contributed by atoms with Gasteiger partial charge < -0.3 is 5.73 Å². The fourth-order valence-electron chi connectivity index (χ4n) is 1.07. The van der Waals surface area contributed by atoms with Crippen molar-refractivity contribution in [3.05, 3.63) is 35.9 Å². The summed E-state index contributed by atoms with van der Waals surface area (Å²) in [4.78, 5) is 4.12. The zero-order valence-corrected chi connectivity index (χ0v) is 9.20. The molecule has 0 radical (unpaired) electrons. The summed E-state index contributed by atoms with van der Waals surface area (Å²) in [7, 11) is 0. The van der Waals surface area contributed by atoms with Gasteiger partial charge in [0.2, 0.25) is 0 Å². The Kier molecular flexibility index (Phi) is 5.33. The summed E-state index contributed by atoms with van der Waals surface area (Å²) in [6.45, 7) is 2.86. The Labute approximate surface area is 89.6 Å². The highest BCUT2D eigenvalue weighted by molar-refractivity contribution is 8.12. The van der Waals surface area contributed by atoms with E-state index in [9.17, 15) is 0 Å². The van der Waals surface area contributed by atoms with Crippen molar-refractivity contribution in [2.24, 2.45) is 10.7 Å². The lowest BCUT2D eigenvalue weighted by Crippen LogP contribution is -2.12. The van der Waals surface area contributed by atoms with Crippen molar-refractivity contribution < 1.29 is 0 Å². The Morgan fingerprint density at radius 1 is 1.43 bits per heavy atom. The maximum Gasteiger partial charge on any atom is 0.0541 e. The lowest BCUT2D eigenvalue weighted by atomic mass is 10.1. The number of hydrogen-bond acceptors (Lipinski definition) is 3. The van der Waals surface area contributed by atoms with E-state index in [4.69, 9.17) is 5.73 Å². The largest absolute Gasteiger partial charge is 0.323 e. The van der Waals surface area contributed by atoms with Crippen LogP contribution in [0.3, 0.4) is 0 Å². The van der Waals surface area contributed by atoms with E-state index in [1.54, 1.807) is 11.8 Å². The van der Waals surface area contributed by atoms with Gasteiger partial charge in [-0.15, -0.1) is 11.8 Å². The zero-order valence-electron chi connectivity index (χ0n) is 8.39. The van der Waals surface area contributed by atoms with Gasteiger partial charge in [-0.25, -0.2) is 0 Å². The van der Waals surface area contributed by atoms with Crippen LogP contribution in [0.1, 0.15) is 18.5 Å².